The van der Waals surface area contributed by atoms with Crippen LogP contribution in [0.2, 0.25) is 0 Å². The van der Waals surface area contributed by atoms with Crippen LogP contribution in [0.15, 0.2) is 49.4 Å². The molecule has 3 N–H and O–H groups in total. The summed E-state index contributed by atoms with van der Waals surface area (Å²) in [4.78, 5) is 31.1. The topological polar surface area (TPSA) is 99.5 Å². The van der Waals surface area contributed by atoms with Crippen LogP contribution in [0.3, 0.4) is 0 Å². The number of aromatic amines is 1. The summed E-state index contributed by atoms with van der Waals surface area (Å²) in [5.74, 6) is -0.517. The van der Waals surface area contributed by atoms with Gasteiger partial charge in [0.2, 0.25) is 5.88 Å². The highest BCUT2D eigenvalue weighted by molar-refractivity contribution is 9.10. The smallest absolute Gasteiger partial charge is 0.335 e. The number of aromatic nitrogens is 2. The van der Waals surface area contributed by atoms with Crippen molar-refractivity contribution in [1.82, 2.24) is 9.55 Å². The molecule has 0 aliphatic rings. The number of halogens is 1. The molecule has 0 amide bonds. The molecule has 0 saturated carbocycles. The van der Waals surface area contributed by atoms with E-state index < -0.39 is 17.1 Å². The van der Waals surface area contributed by atoms with E-state index in [2.05, 4.69) is 31.2 Å². The lowest BCUT2D eigenvalue weighted by molar-refractivity contribution is 0.430. The van der Waals surface area contributed by atoms with Gasteiger partial charge < -0.3 is 10.4 Å². The van der Waals surface area contributed by atoms with Crippen LogP contribution < -0.4 is 16.6 Å². The van der Waals surface area contributed by atoms with Crippen molar-refractivity contribution in [2.24, 2.45) is 4.99 Å². The minimum absolute atomic E-state index is 0.107. The zero-order chi connectivity index (χ0) is 22.9. The van der Waals surface area contributed by atoms with Crippen molar-refractivity contribution < 1.29 is 5.11 Å². The number of aryl methyl sites for hydroxylation is 4. The molecule has 3 aromatic rings. The quantitative estimate of drug-likeness (QED) is 0.372. The normalized spacial score (nSPS) is 11.1. The van der Waals surface area contributed by atoms with E-state index in [4.69, 9.17) is 12.2 Å². The number of rotatable bonds is 3. The Balaban J connectivity index is 1.99. The Bertz CT molecular complexity index is 1340. The number of aromatic hydroxyl groups is 1. The van der Waals surface area contributed by atoms with Gasteiger partial charge in [-0.25, -0.2) is 14.4 Å². The summed E-state index contributed by atoms with van der Waals surface area (Å²) in [5.41, 5.74) is 3.37. The number of aliphatic imine (C=N–C) groups is 1. The monoisotopic (exact) mass is 500 g/mol. The van der Waals surface area contributed by atoms with Crippen molar-refractivity contribution in [3.63, 3.8) is 0 Å². The molecule has 3 rings (SSSR count). The number of hydrogen-bond donors (Lipinski definition) is 3. The van der Waals surface area contributed by atoms with Crippen molar-refractivity contribution in [3.8, 4) is 11.6 Å². The minimum Gasteiger partial charge on any atom is -0.493 e. The van der Waals surface area contributed by atoms with Crippen molar-refractivity contribution in [2.75, 3.05) is 5.32 Å². The lowest BCUT2D eigenvalue weighted by atomic mass is 10.1. The summed E-state index contributed by atoms with van der Waals surface area (Å²) in [7, 11) is 0. The van der Waals surface area contributed by atoms with Crippen LogP contribution in [0.1, 0.15) is 27.8 Å². The number of anilines is 1. The van der Waals surface area contributed by atoms with Gasteiger partial charge in [0.15, 0.2) is 5.11 Å². The maximum Gasteiger partial charge on any atom is 0.335 e. The molecular formula is C22H21BrN4O3S. The Morgan fingerprint density at radius 1 is 1.10 bits per heavy atom. The SMILES string of the molecule is Cc1ccc(NC(=S)N=Cc2c(O)n(-c3cc(C)c(Br)cc3C)c(=O)[nH]c2=O)cc1C. The van der Waals surface area contributed by atoms with Crippen LogP contribution in [-0.2, 0) is 0 Å². The molecular weight excluding hydrogens is 480 g/mol. The van der Waals surface area contributed by atoms with Crippen LogP contribution in [-0.4, -0.2) is 26.0 Å². The Hall–Kier alpha value is -3.04. The van der Waals surface area contributed by atoms with E-state index in [0.717, 1.165) is 43.2 Å². The van der Waals surface area contributed by atoms with E-state index in [0.29, 0.717) is 5.69 Å². The molecule has 1 aromatic heterocycles. The average Bonchev–Trinajstić information content (AvgIpc) is 2.68. The second-order valence-electron chi connectivity index (χ2n) is 7.21. The molecule has 31 heavy (non-hydrogen) atoms. The lowest BCUT2D eigenvalue weighted by Crippen LogP contribution is -2.31. The third-order valence-electron chi connectivity index (χ3n) is 4.91. The molecule has 0 bridgehead atoms. The van der Waals surface area contributed by atoms with Crippen molar-refractivity contribution >= 4 is 45.2 Å². The maximum absolute atomic E-state index is 12.5. The summed E-state index contributed by atoms with van der Waals surface area (Å²) < 4.78 is 1.91. The molecule has 0 fully saturated rings. The first-order valence-corrected chi connectivity index (χ1v) is 10.6. The van der Waals surface area contributed by atoms with Gasteiger partial charge in [0.05, 0.1) is 5.69 Å². The van der Waals surface area contributed by atoms with E-state index in [1.807, 2.05) is 45.0 Å². The van der Waals surface area contributed by atoms with Gasteiger partial charge in [-0.1, -0.05) is 22.0 Å². The lowest BCUT2D eigenvalue weighted by Gasteiger charge is -2.14. The summed E-state index contributed by atoms with van der Waals surface area (Å²) in [5, 5.41) is 13.8. The molecule has 0 aliphatic heterocycles. The molecule has 9 heteroatoms. The summed E-state index contributed by atoms with van der Waals surface area (Å²) in [6.07, 6.45) is 1.14. The zero-order valence-electron chi connectivity index (χ0n) is 17.4. The molecule has 0 spiro atoms. The second kappa shape index (κ2) is 8.99. The molecule has 0 radical (unpaired) electrons. The highest BCUT2D eigenvalue weighted by Crippen LogP contribution is 2.25. The van der Waals surface area contributed by atoms with Crippen LogP contribution >= 0.6 is 28.1 Å². The predicted molar refractivity (Wildman–Crippen MR) is 131 cm³/mol. The first-order chi connectivity index (χ1) is 14.6. The molecule has 7 nitrogen and oxygen atoms in total. The van der Waals surface area contributed by atoms with Gasteiger partial charge in [-0.15, -0.1) is 0 Å². The number of thiocarbonyl (C=S) groups is 1. The summed E-state index contributed by atoms with van der Waals surface area (Å²) in [6.45, 7) is 7.65. The fraction of sp³-hybridized carbons (Fsp3) is 0.182. The van der Waals surface area contributed by atoms with Gasteiger partial charge in [-0.3, -0.25) is 9.78 Å². The van der Waals surface area contributed by atoms with Crippen LogP contribution in [0.5, 0.6) is 5.88 Å². The number of benzene rings is 2. The molecule has 2 aromatic carbocycles. The van der Waals surface area contributed by atoms with Gasteiger partial charge in [-0.05, 0) is 86.4 Å². The number of H-pyrrole nitrogens is 1. The van der Waals surface area contributed by atoms with Gasteiger partial charge in [0.25, 0.3) is 5.56 Å². The third-order valence-corrected chi connectivity index (χ3v) is 5.97. The highest BCUT2D eigenvalue weighted by atomic mass is 79.9. The summed E-state index contributed by atoms with van der Waals surface area (Å²) >= 11 is 8.67. The van der Waals surface area contributed by atoms with Crippen LogP contribution in [0.25, 0.3) is 5.69 Å². The Morgan fingerprint density at radius 2 is 1.81 bits per heavy atom. The molecule has 160 valence electrons. The van der Waals surface area contributed by atoms with Crippen LogP contribution in [0.4, 0.5) is 5.69 Å². The van der Waals surface area contributed by atoms with E-state index in [1.54, 1.807) is 13.0 Å². The maximum atomic E-state index is 12.5. The average molecular weight is 501 g/mol. The minimum atomic E-state index is -0.761. The van der Waals surface area contributed by atoms with E-state index in [9.17, 15) is 14.7 Å². The van der Waals surface area contributed by atoms with Crippen molar-refractivity contribution in [2.45, 2.75) is 27.7 Å². The first-order valence-electron chi connectivity index (χ1n) is 9.36. The number of nitrogens with zero attached hydrogens (tertiary/aromatic N) is 2. The van der Waals surface area contributed by atoms with Crippen molar-refractivity contribution in [1.29, 1.82) is 0 Å². The number of hydrogen-bond acceptors (Lipinski definition) is 4. The largest absolute Gasteiger partial charge is 0.493 e. The van der Waals surface area contributed by atoms with Gasteiger partial charge in [0, 0.05) is 16.4 Å². The second-order valence-corrected chi connectivity index (χ2v) is 8.45. The van der Waals surface area contributed by atoms with E-state index in [1.165, 1.54) is 0 Å². The number of nitrogens with one attached hydrogen (secondary N) is 2. The van der Waals surface area contributed by atoms with Gasteiger partial charge in [0.1, 0.15) is 5.56 Å². The van der Waals surface area contributed by atoms with Gasteiger partial charge in [-0.2, -0.15) is 0 Å². The Morgan fingerprint density at radius 3 is 2.48 bits per heavy atom. The third kappa shape index (κ3) is 4.83. The van der Waals surface area contributed by atoms with Crippen molar-refractivity contribution in [3.05, 3.63) is 83.5 Å². The molecule has 0 aliphatic carbocycles. The van der Waals surface area contributed by atoms with Crippen LogP contribution in [0, 0.1) is 27.7 Å². The first kappa shape index (κ1) is 22.6. The molecule has 1 heterocycles. The van der Waals surface area contributed by atoms with E-state index in [-0.39, 0.29) is 10.7 Å². The Labute approximate surface area is 192 Å². The molecule has 0 unspecified atom stereocenters. The fourth-order valence-corrected chi connectivity index (χ4v) is 3.61. The van der Waals surface area contributed by atoms with E-state index >= 15 is 0 Å². The molecule has 0 saturated heterocycles. The fourth-order valence-electron chi connectivity index (χ4n) is 2.98. The zero-order valence-corrected chi connectivity index (χ0v) is 19.8. The predicted octanol–water partition coefficient (Wildman–Crippen LogP) is 4.04. The van der Waals surface area contributed by atoms with Gasteiger partial charge >= 0.3 is 5.69 Å². The highest BCUT2D eigenvalue weighted by Gasteiger charge is 2.16. The summed E-state index contributed by atoms with van der Waals surface area (Å²) in [6, 6.07) is 9.33. The Kier molecular flexibility index (Phi) is 6.56. The molecule has 0 atom stereocenters. The standard InChI is InChI=1S/C22H21BrN4O3S/c1-11-5-6-15(7-12(11)2)25-21(31)24-10-16-19(28)26-22(30)27(20(16)29)18-9-13(3)17(23)8-14(18)4/h5-10,29H,1-4H3,(H,25,31)(H,26,28,30).